The van der Waals surface area contributed by atoms with Gasteiger partial charge in [-0.1, -0.05) is 12.1 Å². The lowest BCUT2D eigenvalue weighted by molar-refractivity contribution is -0.159. The number of carbonyl (C=O) groups is 1. The minimum absolute atomic E-state index is 0. The summed E-state index contributed by atoms with van der Waals surface area (Å²) < 4.78 is 40.6. The minimum Gasteiger partial charge on any atom is -0.464 e. The summed E-state index contributed by atoms with van der Waals surface area (Å²) in [5.74, 6) is 0.0832. The van der Waals surface area contributed by atoms with Crippen molar-refractivity contribution in [2.75, 3.05) is 36.4 Å². The van der Waals surface area contributed by atoms with Gasteiger partial charge in [0.15, 0.2) is 0 Å². The van der Waals surface area contributed by atoms with E-state index in [2.05, 4.69) is 4.74 Å². The second-order valence-electron chi connectivity index (χ2n) is 5.37. The average Bonchev–Trinajstić information content (AvgIpc) is 2.54. The maximum Gasteiger partial charge on any atom is 0.392 e. The van der Waals surface area contributed by atoms with Crippen LogP contribution in [0.1, 0.15) is 12.0 Å². The van der Waals surface area contributed by atoms with Crippen LogP contribution in [0.4, 0.5) is 18.9 Å². The molecule has 0 heterocycles. The van der Waals surface area contributed by atoms with Gasteiger partial charge in [0.2, 0.25) is 0 Å². The molecule has 2 N–H and O–H groups in total. The molecule has 0 spiro atoms. The summed E-state index contributed by atoms with van der Waals surface area (Å²) in [5.41, 5.74) is 7.41. The van der Waals surface area contributed by atoms with Gasteiger partial charge in [0.25, 0.3) is 0 Å². The summed E-state index contributed by atoms with van der Waals surface area (Å²) in [6, 6.07) is 6.30. The second kappa shape index (κ2) is 12.5. The molecule has 1 rings (SSSR count). The molecule has 0 saturated carbocycles. The first-order chi connectivity index (χ1) is 11.8. The Balaban J connectivity index is 0.00000625. The van der Waals surface area contributed by atoms with Crippen molar-refractivity contribution in [2.45, 2.75) is 25.1 Å². The first-order valence-electron chi connectivity index (χ1n) is 7.71. The molecule has 0 aliphatic carbocycles. The first kappa shape index (κ1) is 25.1. The third-order valence-electron chi connectivity index (χ3n) is 3.40. The largest absolute Gasteiger partial charge is 0.464 e. The molecule has 0 aliphatic rings. The van der Waals surface area contributed by atoms with Crippen LogP contribution in [0.5, 0.6) is 0 Å². The van der Waals surface area contributed by atoms with Crippen LogP contribution < -0.4 is 10.6 Å². The van der Waals surface area contributed by atoms with Gasteiger partial charge in [0.1, 0.15) is 6.04 Å². The number of esters is 1. The van der Waals surface area contributed by atoms with Crippen molar-refractivity contribution in [3.63, 3.8) is 0 Å². The van der Waals surface area contributed by atoms with E-state index in [1.54, 1.807) is 12.1 Å². The van der Waals surface area contributed by atoms with E-state index in [0.29, 0.717) is 24.8 Å². The van der Waals surface area contributed by atoms with Crippen LogP contribution in [-0.2, 0) is 16.0 Å². The molecule has 10 heteroatoms. The lowest BCUT2D eigenvalue weighted by Crippen LogP contribution is -2.35. The van der Waals surface area contributed by atoms with Crippen molar-refractivity contribution >= 4 is 47.3 Å². The molecule has 0 radical (unpaired) electrons. The monoisotopic (exact) mass is 436 g/mol. The van der Waals surface area contributed by atoms with Gasteiger partial charge in [-0.25, -0.2) is 0 Å². The van der Waals surface area contributed by atoms with Crippen LogP contribution in [0.3, 0.4) is 0 Å². The SMILES string of the molecule is Cl.N[C@@H](Cc1ccc(N(CCCl)CCCl)cc1)C(=O)OCCC(F)(F)F. The molecular weight excluding hydrogens is 416 g/mol. The molecule has 0 aliphatic heterocycles. The topological polar surface area (TPSA) is 55.6 Å². The highest BCUT2D eigenvalue weighted by Crippen LogP contribution is 2.19. The number of carbonyl (C=O) groups excluding carboxylic acids is 1. The van der Waals surface area contributed by atoms with Crippen molar-refractivity contribution in [1.29, 1.82) is 0 Å². The summed E-state index contributed by atoms with van der Waals surface area (Å²) in [5, 5.41) is 0. The maximum absolute atomic E-state index is 12.0. The van der Waals surface area contributed by atoms with Gasteiger partial charge in [-0.3, -0.25) is 4.79 Å². The van der Waals surface area contributed by atoms with Gasteiger partial charge < -0.3 is 15.4 Å². The molecule has 0 fully saturated rings. The van der Waals surface area contributed by atoms with E-state index >= 15 is 0 Å². The number of ether oxygens (including phenoxy) is 1. The minimum atomic E-state index is -4.36. The van der Waals surface area contributed by atoms with Gasteiger partial charge in [0.05, 0.1) is 13.0 Å². The Morgan fingerprint density at radius 3 is 2.15 bits per heavy atom. The first-order valence-corrected chi connectivity index (χ1v) is 8.78. The van der Waals surface area contributed by atoms with Crippen molar-refractivity contribution in [3.8, 4) is 0 Å². The maximum atomic E-state index is 12.0. The van der Waals surface area contributed by atoms with Gasteiger partial charge >= 0.3 is 12.1 Å². The number of halogens is 6. The van der Waals surface area contributed by atoms with Crippen molar-refractivity contribution in [3.05, 3.63) is 29.8 Å². The zero-order valence-electron chi connectivity index (χ0n) is 14.0. The van der Waals surface area contributed by atoms with Gasteiger partial charge in [-0.15, -0.1) is 35.6 Å². The summed E-state index contributed by atoms with van der Waals surface area (Å²) >= 11 is 11.5. The fraction of sp³-hybridized carbons (Fsp3) is 0.562. The molecule has 0 saturated heterocycles. The fourth-order valence-corrected chi connectivity index (χ4v) is 2.54. The number of hydrogen-bond acceptors (Lipinski definition) is 4. The van der Waals surface area contributed by atoms with E-state index in [9.17, 15) is 18.0 Å². The Kier molecular flexibility index (Phi) is 12.1. The molecule has 4 nitrogen and oxygen atoms in total. The van der Waals surface area contributed by atoms with E-state index in [1.807, 2.05) is 17.0 Å². The lowest BCUT2D eigenvalue weighted by Gasteiger charge is -2.23. The average molecular weight is 438 g/mol. The highest BCUT2D eigenvalue weighted by atomic mass is 35.5. The predicted molar refractivity (Wildman–Crippen MR) is 101 cm³/mol. The Morgan fingerprint density at radius 2 is 1.69 bits per heavy atom. The normalized spacial score (nSPS) is 12.2. The highest BCUT2D eigenvalue weighted by Gasteiger charge is 2.28. The van der Waals surface area contributed by atoms with Crippen LogP contribution in [0, 0.1) is 0 Å². The van der Waals surface area contributed by atoms with E-state index < -0.39 is 31.2 Å². The standard InChI is InChI=1S/C16H21Cl2F3N2O2.ClH/c17-6-8-23(9-7-18)13-3-1-12(2-4-13)11-14(22)15(24)25-10-5-16(19,20)21;/h1-4,14H,5-11,22H2;1H/t14-;/m0./s1. The molecule has 1 aromatic carbocycles. The number of nitrogens with zero attached hydrogens (tertiary/aromatic N) is 1. The molecular formula is C16H22Cl3F3N2O2. The van der Waals surface area contributed by atoms with Gasteiger partial charge in [-0.05, 0) is 24.1 Å². The molecule has 150 valence electrons. The summed E-state index contributed by atoms with van der Waals surface area (Å²) in [6.07, 6.45) is -5.37. The number of anilines is 1. The quantitative estimate of drug-likeness (QED) is 0.447. The predicted octanol–water partition coefficient (Wildman–Crippen LogP) is 3.76. The van der Waals surface area contributed by atoms with Crippen LogP contribution in [0.15, 0.2) is 24.3 Å². The highest BCUT2D eigenvalue weighted by molar-refractivity contribution is 6.18. The number of rotatable bonds is 10. The Labute approximate surface area is 167 Å². The number of benzene rings is 1. The van der Waals surface area contributed by atoms with Crippen LogP contribution in [0.2, 0.25) is 0 Å². The molecule has 0 aromatic heterocycles. The zero-order valence-corrected chi connectivity index (χ0v) is 16.3. The van der Waals surface area contributed by atoms with Crippen LogP contribution in [-0.4, -0.2) is 49.6 Å². The third-order valence-corrected chi connectivity index (χ3v) is 3.74. The molecule has 26 heavy (non-hydrogen) atoms. The van der Waals surface area contributed by atoms with E-state index in [1.165, 1.54) is 0 Å². The second-order valence-corrected chi connectivity index (χ2v) is 6.13. The van der Waals surface area contributed by atoms with Gasteiger partial charge in [0, 0.05) is 30.5 Å². The molecule has 0 amide bonds. The smallest absolute Gasteiger partial charge is 0.392 e. The molecule has 1 atom stereocenters. The number of nitrogens with two attached hydrogens (primary N) is 1. The van der Waals surface area contributed by atoms with E-state index in [0.717, 1.165) is 11.3 Å². The third kappa shape index (κ3) is 9.71. The van der Waals surface area contributed by atoms with Crippen molar-refractivity contribution in [1.82, 2.24) is 0 Å². The summed E-state index contributed by atoms with van der Waals surface area (Å²) in [4.78, 5) is 13.6. The molecule has 0 unspecified atom stereocenters. The fourth-order valence-electron chi connectivity index (χ4n) is 2.13. The molecule has 0 bridgehead atoms. The Morgan fingerprint density at radius 1 is 1.15 bits per heavy atom. The Bertz CT molecular complexity index is 524. The number of alkyl halides is 5. The molecule has 1 aromatic rings. The van der Waals surface area contributed by atoms with Crippen molar-refractivity contribution < 1.29 is 22.7 Å². The summed E-state index contributed by atoms with van der Waals surface area (Å²) in [7, 11) is 0. The van der Waals surface area contributed by atoms with E-state index in [-0.39, 0.29) is 18.8 Å². The van der Waals surface area contributed by atoms with Crippen molar-refractivity contribution in [2.24, 2.45) is 5.73 Å². The zero-order chi connectivity index (χ0) is 18.9. The number of hydrogen-bond donors (Lipinski definition) is 1. The van der Waals surface area contributed by atoms with Gasteiger partial charge in [-0.2, -0.15) is 13.2 Å². The van der Waals surface area contributed by atoms with Crippen LogP contribution in [0.25, 0.3) is 0 Å². The van der Waals surface area contributed by atoms with E-state index in [4.69, 9.17) is 28.9 Å². The lowest BCUT2D eigenvalue weighted by atomic mass is 10.1. The summed E-state index contributed by atoms with van der Waals surface area (Å²) in [6.45, 7) is 0.581. The van der Waals surface area contributed by atoms with Crippen LogP contribution >= 0.6 is 35.6 Å². The Hall–Kier alpha value is -0.890.